The summed E-state index contributed by atoms with van der Waals surface area (Å²) in [5.74, 6) is -0.674. The van der Waals surface area contributed by atoms with Gasteiger partial charge in [-0.05, 0) is 19.3 Å². The number of aliphatic carboxylic acids is 1. The number of unbranched alkanes of at least 4 members (excludes halogenated alkanes) is 3. The van der Waals surface area contributed by atoms with Crippen molar-refractivity contribution >= 4 is 21.9 Å². The number of halogens is 1. The van der Waals surface area contributed by atoms with Crippen LogP contribution in [-0.2, 0) is 4.79 Å². The number of carboxylic acid groups (broad SMARTS) is 1. The van der Waals surface area contributed by atoms with Gasteiger partial charge in [0.2, 0.25) is 0 Å². The lowest BCUT2D eigenvalue weighted by molar-refractivity contribution is -0.137. The fraction of sp³-hybridized carbons (Fsp3) is 0.900. The standard InChI is InChI=1S/C10H19BrO2/c1-2-9(11)7-5-3-4-6-8-10(12)13/h9H,2-8H2,1H3,(H,12,13). The molecule has 0 aromatic rings. The Bertz CT molecular complexity index is 137. The van der Waals surface area contributed by atoms with Gasteiger partial charge in [-0.3, -0.25) is 4.79 Å². The molecule has 3 heteroatoms. The number of alkyl halides is 1. The second kappa shape index (κ2) is 8.54. The van der Waals surface area contributed by atoms with Gasteiger partial charge >= 0.3 is 5.97 Å². The van der Waals surface area contributed by atoms with Crippen LogP contribution < -0.4 is 0 Å². The minimum Gasteiger partial charge on any atom is -0.481 e. The Balaban J connectivity index is 3.04. The molecule has 0 heterocycles. The molecule has 0 fully saturated rings. The Morgan fingerprint density at radius 3 is 2.46 bits per heavy atom. The van der Waals surface area contributed by atoms with Crippen LogP contribution in [0.4, 0.5) is 0 Å². The molecule has 0 bridgehead atoms. The Morgan fingerprint density at radius 1 is 1.31 bits per heavy atom. The molecule has 0 aliphatic heterocycles. The molecule has 0 saturated carbocycles. The molecule has 0 saturated heterocycles. The van der Waals surface area contributed by atoms with Gasteiger partial charge in [-0.1, -0.05) is 42.1 Å². The number of carboxylic acids is 1. The summed E-state index contributed by atoms with van der Waals surface area (Å²) in [4.78, 5) is 10.8. The van der Waals surface area contributed by atoms with Crippen molar-refractivity contribution in [3.05, 3.63) is 0 Å². The molecule has 0 aliphatic rings. The molecular weight excluding hydrogens is 232 g/mol. The maximum atomic E-state index is 10.2. The van der Waals surface area contributed by atoms with Crippen molar-refractivity contribution in [2.75, 3.05) is 0 Å². The molecule has 78 valence electrons. The smallest absolute Gasteiger partial charge is 0.303 e. The largest absolute Gasteiger partial charge is 0.481 e. The lowest BCUT2D eigenvalue weighted by Crippen LogP contribution is -1.96. The highest BCUT2D eigenvalue weighted by Gasteiger charge is 2.00. The predicted molar refractivity (Wildman–Crippen MR) is 58.3 cm³/mol. The highest BCUT2D eigenvalue weighted by molar-refractivity contribution is 9.09. The van der Waals surface area contributed by atoms with Gasteiger partial charge in [-0.25, -0.2) is 0 Å². The minimum atomic E-state index is -0.674. The average molecular weight is 251 g/mol. The van der Waals surface area contributed by atoms with Crippen molar-refractivity contribution in [3.8, 4) is 0 Å². The quantitative estimate of drug-likeness (QED) is 0.528. The van der Waals surface area contributed by atoms with Crippen molar-refractivity contribution in [2.24, 2.45) is 0 Å². The first kappa shape index (κ1) is 12.9. The van der Waals surface area contributed by atoms with E-state index >= 15 is 0 Å². The first-order chi connectivity index (χ1) is 6.16. The van der Waals surface area contributed by atoms with Crippen molar-refractivity contribution in [3.63, 3.8) is 0 Å². The fourth-order valence-corrected chi connectivity index (χ4v) is 1.52. The van der Waals surface area contributed by atoms with Crippen LogP contribution in [0.1, 0.15) is 51.9 Å². The normalized spacial score (nSPS) is 12.8. The average Bonchev–Trinajstić information content (AvgIpc) is 2.10. The van der Waals surface area contributed by atoms with Crippen molar-refractivity contribution in [1.29, 1.82) is 0 Å². The zero-order valence-electron chi connectivity index (χ0n) is 8.26. The fourth-order valence-electron chi connectivity index (χ4n) is 1.20. The van der Waals surface area contributed by atoms with Gasteiger partial charge in [0.05, 0.1) is 0 Å². The van der Waals surface area contributed by atoms with E-state index in [-0.39, 0.29) is 0 Å². The zero-order valence-corrected chi connectivity index (χ0v) is 9.85. The van der Waals surface area contributed by atoms with E-state index in [1.807, 2.05) is 0 Å². The van der Waals surface area contributed by atoms with E-state index in [0.717, 1.165) is 19.3 Å². The second-order valence-electron chi connectivity index (χ2n) is 3.35. The zero-order chi connectivity index (χ0) is 10.1. The molecule has 0 rings (SSSR count). The SMILES string of the molecule is CCC(Br)CCCCCCC(=O)O. The van der Waals surface area contributed by atoms with E-state index in [2.05, 4.69) is 22.9 Å². The molecule has 0 radical (unpaired) electrons. The molecule has 13 heavy (non-hydrogen) atoms. The van der Waals surface area contributed by atoms with E-state index in [4.69, 9.17) is 5.11 Å². The lowest BCUT2D eigenvalue weighted by Gasteiger charge is -2.05. The second-order valence-corrected chi connectivity index (χ2v) is 4.65. The third kappa shape index (κ3) is 9.87. The summed E-state index contributed by atoms with van der Waals surface area (Å²) in [6.45, 7) is 2.17. The molecular formula is C10H19BrO2. The summed E-state index contributed by atoms with van der Waals surface area (Å²) < 4.78 is 0. The molecule has 0 aliphatic carbocycles. The molecule has 0 aromatic carbocycles. The van der Waals surface area contributed by atoms with Gasteiger partial charge in [-0.2, -0.15) is 0 Å². The third-order valence-electron chi connectivity index (χ3n) is 2.10. The van der Waals surface area contributed by atoms with E-state index in [1.54, 1.807) is 0 Å². The molecule has 1 atom stereocenters. The summed E-state index contributed by atoms with van der Waals surface area (Å²) >= 11 is 3.58. The maximum Gasteiger partial charge on any atom is 0.303 e. The van der Waals surface area contributed by atoms with E-state index < -0.39 is 5.97 Å². The van der Waals surface area contributed by atoms with Gasteiger partial charge in [0, 0.05) is 11.2 Å². The lowest BCUT2D eigenvalue weighted by atomic mass is 10.1. The summed E-state index contributed by atoms with van der Waals surface area (Å²) in [7, 11) is 0. The van der Waals surface area contributed by atoms with Gasteiger partial charge in [-0.15, -0.1) is 0 Å². The van der Waals surface area contributed by atoms with Crippen LogP contribution in [0, 0.1) is 0 Å². The van der Waals surface area contributed by atoms with Crippen molar-refractivity contribution in [2.45, 2.75) is 56.7 Å². The van der Waals surface area contributed by atoms with E-state index in [1.165, 1.54) is 19.3 Å². The molecule has 2 nitrogen and oxygen atoms in total. The summed E-state index contributed by atoms with van der Waals surface area (Å²) in [6, 6.07) is 0. The number of hydrogen-bond donors (Lipinski definition) is 1. The van der Waals surface area contributed by atoms with Crippen LogP contribution in [0.5, 0.6) is 0 Å². The summed E-state index contributed by atoms with van der Waals surface area (Å²) in [5, 5.41) is 8.39. The van der Waals surface area contributed by atoms with Crippen molar-refractivity contribution in [1.82, 2.24) is 0 Å². The topological polar surface area (TPSA) is 37.3 Å². The number of hydrogen-bond acceptors (Lipinski definition) is 1. The van der Waals surface area contributed by atoms with Gasteiger partial charge in [0.25, 0.3) is 0 Å². The van der Waals surface area contributed by atoms with Crippen LogP contribution in [0.3, 0.4) is 0 Å². The first-order valence-corrected chi connectivity index (χ1v) is 5.94. The van der Waals surface area contributed by atoms with E-state index in [0.29, 0.717) is 11.2 Å². The summed E-state index contributed by atoms with van der Waals surface area (Å²) in [5.41, 5.74) is 0. The molecule has 0 spiro atoms. The molecule has 1 unspecified atom stereocenters. The Morgan fingerprint density at radius 2 is 1.92 bits per heavy atom. The van der Waals surface area contributed by atoms with Crippen LogP contribution >= 0.6 is 15.9 Å². The third-order valence-corrected chi connectivity index (χ3v) is 3.21. The van der Waals surface area contributed by atoms with Crippen LogP contribution in [-0.4, -0.2) is 15.9 Å². The maximum absolute atomic E-state index is 10.2. The van der Waals surface area contributed by atoms with Gasteiger partial charge in [0.1, 0.15) is 0 Å². The van der Waals surface area contributed by atoms with Crippen LogP contribution in [0.15, 0.2) is 0 Å². The highest BCUT2D eigenvalue weighted by Crippen LogP contribution is 2.14. The molecule has 1 N–H and O–H groups in total. The van der Waals surface area contributed by atoms with Crippen molar-refractivity contribution < 1.29 is 9.90 Å². The summed E-state index contributed by atoms with van der Waals surface area (Å²) in [6.07, 6.45) is 6.97. The Kier molecular flexibility index (Phi) is 8.51. The minimum absolute atomic E-state index is 0.325. The Hall–Kier alpha value is -0.0500. The monoisotopic (exact) mass is 250 g/mol. The predicted octanol–water partition coefficient (Wildman–Crippen LogP) is 3.59. The molecule has 0 amide bonds. The highest BCUT2D eigenvalue weighted by atomic mass is 79.9. The van der Waals surface area contributed by atoms with E-state index in [9.17, 15) is 4.79 Å². The first-order valence-electron chi connectivity index (χ1n) is 5.02. The van der Waals surface area contributed by atoms with Crippen LogP contribution in [0.25, 0.3) is 0 Å². The van der Waals surface area contributed by atoms with Gasteiger partial charge < -0.3 is 5.11 Å². The number of carbonyl (C=O) groups is 1. The van der Waals surface area contributed by atoms with Crippen LogP contribution in [0.2, 0.25) is 0 Å². The molecule has 0 aromatic heterocycles. The number of rotatable bonds is 8. The van der Waals surface area contributed by atoms with Gasteiger partial charge in [0.15, 0.2) is 0 Å². The Labute approximate surface area is 88.8 Å².